The lowest BCUT2D eigenvalue weighted by molar-refractivity contribution is -0.138. The van der Waals surface area contributed by atoms with E-state index in [1.165, 1.54) is 11.8 Å². The highest BCUT2D eigenvalue weighted by atomic mass is 32.2. The lowest BCUT2D eigenvalue weighted by atomic mass is 10.2. The maximum Gasteiger partial charge on any atom is 0.321 e. The Balaban J connectivity index is 2.55. The molecule has 1 heterocycles. The average Bonchev–Trinajstić information content (AvgIpc) is 2.05. The standard InChI is InChI=1S/C7H9NO2S/c8-6(7(9)10)5-3-1-2-4-11-5/h1-6H,8H2,(H,9,10)/t5?,6-/m0/s1. The third kappa shape index (κ3) is 2.10. The van der Waals surface area contributed by atoms with Crippen LogP contribution in [0, 0.1) is 0 Å². The predicted molar refractivity (Wildman–Crippen MR) is 45.3 cm³/mol. The van der Waals surface area contributed by atoms with Crippen molar-refractivity contribution in [3.8, 4) is 0 Å². The zero-order chi connectivity index (χ0) is 8.27. The van der Waals surface area contributed by atoms with E-state index >= 15 is 0 Å². The van der Waals surface area contributed by atoms with Crippen LogP contribution in [0.5, 0.6) is 0 Å². The Bertz CT molecular complexity index is 212. The molecule has 60 valence electrons. The van der Waals surface area contributed by atoms with Crippen LogP contribution in [0.1, 0.15) is 0 Å². The van der Waals surface area contributed by atoms with Crippen LogP contribution in [-0.4, -0.2) is 22.4 Å². The molecule has 2 atom stereocenters. The minimum atomic E-state index is -0.956. The molecule has 1 rings (SSSR count). The number of thioether (sulfide) groups is 1. The summed E-state index contributed by atoms with van der Waals surface area (Å²) in [6.07, 6.45) is 5.46. The van der Waals surface area contributed by atoms with Crippen LogP contribution in [-0.2, 0) is 4.79 Å². The lowest BCUT2D eigenvalue weighted by Gasteiger charge is -2.15. The van der Waals surface area contributed by atoms with Crippen molar-refractivity contribution >= 4 is 17.7 Å². The number of carboxylic acids is 1. The predicted octanol–water partition coefficient (Wildman–Crippen LogP) is 0.584. The Morgan fingerprint density at radius 2 is 2.36 bits per heavy atom. The number of allylic oxidation sites excluding steroid dienone is 2. The van der Waals surface area contributed by atoms with Crippen LogP contribution >= 0.6 is 11.8 Å². The van der Waals surface area contributed by atoms with Crippen LogP contribution in [0.25, 0.3) is 0 Å². The summed E-state index contributed by atoms with van der Waals surface area (Å²) in [5.74, 6) is -0.956. The van der Waals surface area contributed by atoms with E-state index in [1.807, 2.05) is 17.6 Å². The van der Waals surface area contributed by atoms with Crippen LogP contribution in [0.3, 0.4) is 0 Å². The molecule has 0 amide bonds. The Labute approximate surface area is 69.0 Å². The molecule has 0 bridgehead atoms. The molecule has 3 nitrogen and oxygen atoms in total. The molecule has 3 N–H and O–H groups in total. The molecule has 11 heavy (non-hydrogen) atoms. The van der Waals surface area contributed by atoms with Gasteiger partial charge < -0.3 is 10.8 Å². The topological polar surface area (TPSA) is 63.3 Å². The van der Waals surface area contributed by atoms with Crippen LogP contribution in [0.2, 0.25) is 0 Å². The zero-order valence-electron chi connectivity index (χ0n) is 5.81. The summed E-state index contributed by atoms with van der Waals surface area (Å²) in [7, 11) is 0. The summed E-state index contributed by atoms with van der Waals surface area (Å²) in [6, 6.07) is -0.804. The van der Waals surface area contributed by atoms with Gasteiger partial charge in [-0.15, -0.1) is 11.8 Å². The molecule has 0 fully saturated rings. The normalized spacial score (nSPS) is 25.0. The number of aliphatic carboxylic acids is 1. The van der Waals surface area contributed by atoms with Crippen molar-refractivity contribution in [1.82, 2.24) is 0 Å². The molecule has 1 aliphatic rings. The fourth-order valence-electron chi connectivity index (χ4n) is 0.745. The number of carboxylic acid groups (broad SMARTS) is 1. The van der Waals surface area contributed by atoms with Gasteiger partial charge in [0, 0.05) is 0 Å². The molecule has 1 unspecified atom stereocenters. The van der Waals surface area contributed by atoms with Crippen molar-refractivity contribution in [3.63, 3.8) is 0 Å². The SMILES string of the molecule is N[C@H](C(=O)O)C1C=CC=CS1. The van der Waals surface area contributed by atoms with Crippen molar-refractivity contribution in [2.75, 3.05) is 0 Å². The molecule has 0 aliphatic carbocycles. The van der Waals surface area contributed by atoms with Crippen LogP contribution in [0.4, 0.5) is 0 Å². The molecule has 0 radical (unpaired) electrons. The van der Waals surface area contributed by atoms with Gasteiger partial charge in [0.2, 0.25) is 0 Å². The van der Waals surface area contributed by atoms with Crippen LogP contribution < -0.4 is 5.73 Å². The monoisotopic (exact) mass is 171 g/mol. The summed E-state index contributed by atoms with van der Waals surface area (Å²) < 4.78 is 0. The highest BCUT2D eigenvalue weighted by Crippen LogP contribution is 2.20. The van der Waals surface area contributed by atoms with E-state index in [9.17, 15) is 4.79 Å². The van der Waals surface area contributed by atoms with Crippen molar-refractivity contribution in [1.29, 1.82) is 0 Å². The van der Waals surface area contributed by atoms with E-state index in [2.05, 4.69) is 0 Å². The van der Waals surface area contributed by atoms with E-state index < -0.39 is 12.0 Å². The van der Waals surface area contributed by atoms with Crippen LogP contribution in [0.15, 0.2) is 23.6 Å². The number of hydrogen-bond acceptors (Lipinski definition) is 3. The van der Waals surface area contributed by atoms with Gasteiger partial charge in [0.15, 0.2) is 0 Å². The van der Waals surface area contributed by atoms with Gasteiger partial charge in [-0.1, -0.05) is 18.2 Å². The number of hydrogen-bond donors (Lipinski definition) is 2. The third-order valence-electron chi connectivity index (χ3n) is 1.37. The molecule has 0 aromatic carbocycles. The molecular formula is C7H9NO2S. The smallest absolute Gasteiger partial charge is 0.321 e. The van der Waals surface area contributed by atoms with Crippen molar-refractivity contribution in [2.45, 2.75) is 11.3 Å². The van der Waals surface area contributed by atoms with Crippen molar-refractivity contribution in [3.05, 3.63) is 23.6 Å². The average molecular weight is 171 g/mol. The van der Waals surface area contributed by atoms with Gasteiger partial charge in [-0.25, -0.2) is 0 Å². The van der Waals surface area contributed by atoms with E-state index in [-0.39, 0.29) is 5.25 Å². The Kier molecular flexibility index (Phi) is 2.73. The summed E-state index contributed by atoms with van der Waals surface area (Å²) in [4.78, 5) is 10.4. The van der Waals surface area contributed by atoms with Crippen molar-refractivity contribution in [2.24, 2.45) is 5.73 Å². The second kappa shape index (κ2) is 3.59. The maximum atomic E-state index is 10.4. The fraction of sp³-hybridized carbons (Fsp3) is 0.286. The summed E-state index contributed by atoms with van der Waals surface area (Å²) in [6.45, 7) is 0. The van der Waals surface area contributed by atoms with E-state index in [4.69, 9.17) is 10.8 Å². The first kappa shape index (κ1) is 8.36. The van der Waals surface area contributed by atoms with E-state index in [0.717, 1.165) is 0 Å². The lowest BCUT2D eigenvalue weighted by Crippen LogP contribution is -2.39. The Morgan fingerprint density at radius 3 is 2.82 bits per heavy atom. The quantitative estimate of drug-likeness (QED) is 0.638. The highest BCUT2D eigenvalue weighted by molar-refractivity contribution is 8.03. The second-order valence-electron chi connectivity index (χ2n) is 2.18. The minimum absolute atomic E-state index is 0.127. The Hall–Kier alpha value is -0.740. The zero-order valence-corrected chi connectivity index (χ0v) is 6.62. The minimum Gasteiger partial charge on any atom is -0.480 e. The summed E-state index contributed by atoms with van der Waals surface area (Å²) >= 11 is 1.43. The molecular weight excluding hydrogens is 162 g/mol. The van der Waals surface area contributed by atoms with Gasteiger partial charge in [0.05, 0.1) is 5.25 Å². The first-order chi connectivity index (χ1) is 5.22. The van der Waals surface area contributed by atoms with Gasteiger partial charge in [-0.3, -0.25) is 4.79 Å². The second-order valence-corrected chi connectivity index (χ2v) is 3.27. The number of nitrogens with two attached hydrogens (primary N) is 1. The maximum absolute atomic E-state index is 10.4. The number of rotatable bonds is 2. The highest BCUT2D eigenvalue weighted by Gasteiger charge is 2.21. The molecule has 0 saturated heterocycles. The molecule has 0 spiro atoms. The largest absolute Gasteiger partial charge is 0.480 e. The van der Waals surface area contributed by atoms with Gasteiger partial charge in [0.25, 0.3) is 0 Å². The fourth-order valence-corrected chi connectivity index (χ4v) is 1.58. The summed E-state index contributed by atoms with van der Waals surface area (Å²) in [5, 5.41) is 10.3. The first-order valence-electron chi connectivity index (χ1n) is 3.19. The molecule has 4 heteroatoms. The van der Waals surface area contributed by atoms with Gasteiger partial charge in [0.1, 0.15) is 6.04 Å². The third-order valence-corrected chi connectivity index (χ3v) is 2.44. The molecule has 0 saturated carbocycles. The molecule has 0 aromatic rings. The first-order valence-corrected chi connectivity index (χ1v) is 4.13. The van der Waals surface area contributed by atoms with Crippen molar-refractivity contribution < 1.29 is 9.90 Å². The van der Waals surface area contributed by atoms with Gasteiger partial charge in [-0.05, 0) is 5.41 Å². The Morgan fingerprint density at radius 1 is 1.64 bits per heavy atom. The summed E-state index contributed by atoms with van der Waals surface area (Å²) in [5.41, 5.74) is 5.39. The van der Waals surface area contributed by atoms with Gasteiger partial charge >= 0.3 is 5.97 Å². The number of carbonyl (C=O) groups is 1. The van der Waals surface area contributed by atoms with Gasteiger partial charge in [-0.2, -0.15) is 0 Å². The van der Waals surface area contributed by atoms with E-state index in [0.29, 0.717) is 0 Å². The molecule has 1 aliphatic heterocycles. The molecule has 0 aromatic heterocycles. The van der Waals surface area contributed by atoms with E-state index in [1.54, 1.807) is 6.08 Å².